The van der Waals surface area contributed by atoms with Gasteiger partial charge in [0.25, 0.3) is 5.69 Å². The normalized spacial score (nSPS) is 21.2. The van der Waals surface area contributed by atoms with Gasteiger partial charge in [-0.2, -0.15) is 0 Å². The van der Waals surface area contributed by atoms with Crippen molar-refractivity contribution in [2.45, 2.75) is 18.6 Å². The molecule has 2 N–H and O–H groups in total. The first-order chi connectivity index (χ1) is 13.0. The van der Waals surface area contributed by atoms with Crippen molar-refractivity contribution >= 4 is 23.0 Å². The molecule has 4 rings (SSSR count). The second-order valence-corrected chi connectivity index (χ2v) is 7.21. The van der Waals surface area contributed by atoms with E-state index in [2.05, 4.69) is 22.8 Å². The molecule has 0 amide bonds. The van der Waals surface area contributed by atoms with Crippen molar-refractivity contribution < 1.29 is 4.92 Å². The maximum atomic E-state index is 11.0. The van der Waals surface area contributed by atoms with Crippen LogP contribution in [0.1, 0.15) is 29.7 Å². The first-order valence-electron chi connectivity index (χ1n) is 8.61. The van der Waals surface area contributed by atoms with Crippen LogP contribution in [-0.2, 0) is 5.66 Å². The largest absolute Gasteiger partial charge is 0.363 e. The van der Waals surface area contributed by atoms with Crippen LogP contribution in [0.25, 0.3) is 0 Å². The Morgan fingerprint density at radius 2 is 1.74 bits per heavy atom. The highest BCUT2D eigenvalue weighted by Crippen LogP contribution is 2.40. The molecule has 2 atom stereocenters. The number of nitrogens with one attached hydrogen (secondary N) is 2. The molecule has 0 unspecified atom stereocenters. The number of benzene rings is 3. The van der Waals surface area contributed by atoms with Crippen molar-refractivity contribution in [2.24, 2.45) is 0 Å². The first kappa shape index (κ1) is 17.5. The van der Waals surface area contributed by atoms with Crippen LogP contribution in [0.3, 0.4) is 0 Å². The molecule has 0 radical (unpaired) electrons. The molecule has 136 valence electrons. The van der Waals surface area contributed by atoms with Crippen molar-refractivity contribution in [2.75, 3.05) is 5.32 Å². The van der Waals surface area contributed by atoms with E-state index in [0.29, 0.717) is 5.02 Å². The number of non-ortho nitro benzene ring substituents is 1. The van der Waals surface area contributed by atoms with Gasteiger partial charge in [0.1, 0.15) is 5.66 Å². The molecule has 1 heterocycles. The molecule has 0 bridgehead atoms. The fraction of sp³-hybridized carbons (Fsp3) is 0.143. The molecule has 3 aromatic rings. The van der Waals surface area contributed by atoms with Crippen molar-refractivity contribution in [3.05, 3.63) is 105 Å². The highest BCUT2D eigenvalue weighted by Gasteiger charge is 2.36. The number of hydrogen-bond donors (Lipinski definition) is 2. The molecule has 1 aliphatic rings. The van der Waals surface area contributed by atoms with Crippen LogP contribution < -0.4 is 10.6 Å². The standard InChI is InChI=1S/C21H18ClN3O2/c1-21(15-7-10-17(11-8-15)25(26)27)23-19-12-9-16(22)13-18(19)20(24-21)14-5-3-2-4-6-14/h2-13,20,23-24H,1H3/t20-,21-/m0/s1. The number of nitro benzene ring substituents is 1. The van der Waals surface area contributed by atoms with Crippen LogP contribution in [0.5, 0.6) is 0 Å². The fourth-order valence-corrected chi connectivity index (χ4v) is 3.72. The van der Waals surface area contributed by atoms with E-state index in [-0.39, 0.29) is 11.7 Å². The number of nitro groups is 1. The highest BCUT2D eigenvalue weighted by atomic mass is 35.5. The summed E-state index contributed by atoms with van der Waals surface area (Å²) in [5, 5.41) is 18.8. The Bertz CT molecular complexity index is 992. The summed E-state index contributed by atoms with van der Waals surface area (Å²) in [6.07, 6.45) is 0. The van der Waals surface area contributed by atoms with Crippen LogP contribution in [0.15, 0.2) is 72.8 Å². The Kier molecular flexibility index (Phi) is 4.34. The lowest BCUT2D eigenvalue weighted by Gasteiger charge is -2.43. The summed E-state index contributed by atoms with van der Waals surface area (Å²) in [7, 11) is 0. The van der Waals surface area contributed by atoms with Gasteiger partial charge in [-0.15, -0.1) is 0 Å². The zero-order valence-corrected chi connectivity index (χ0v) is 15.4. The van der Waals surface area contributed by atoms with E-state index in [1.54, 1.807) is 12.1 Å². The molecular weight excluding hydrogens is 362 g/mol. The quantitative estimate of drug-likeness (QED) is 0.483. The van der Waals surface area contributed by atoms with Gasteiger partial charge in [0.15, 0.2) is 0 Å². The highest BCUT2D eigenvalue weighted by molar-refractivity contribution is 6.30. The predicted octanol–water partition coefficient (Wildman–Crippen LogP) is 5.23. The van der Waals surface area contributed by atoms with Crippen molar-refractivity contribution in [3.63, 3.8) is 0 Å². The van der Waals surface area contributed by atoms with Crippen molar-refractivity contribution in [1.29, 1.82) is 0 Å². The number of nitrogens with zero attached hydrogens (tertiary/aromatic N) is 1. The third-order valence-corrected chi connectivity index (χ3v) is 5.17. The summed E-state index contributed by atoms with van der Waals surface area (Å²) in [4.78, 5) is 10.6. The average molecular weight is 380 g/mol. The molecule has 0 spiro atoms. The molecule has 27 heavy (non-hydrogen) atoms. The Morgan fingerprint density at radius 3 is 2.41 bits per heavy atom. The number of hydrogen-bond acceptors (Lipinski definition) is 4. The van der Waals surface area contributed by atoms with Gasteiger partial charge in [0.05, 0.1) is 11.0 Å². The Morgan fingerprint density at radius 1 is 1.04 bits per heavy atom. The van der Waals surface area contributed by atoms with Crippen LogP contribution in [0, 0.1) is 10.1 Å². The zero-order chi connectivity index (χ0) is 19.0. The lowest BCUT2D eigenvalue weighted by molar-refractivity contribution is -0.384. The van der Waals surface area contributed by atoms with Crippen LogP contribution in [0.2, 0.25) is 5.02 Å². The molecule has 0 fully saturated rings. The predicted molar refractivity (Wildman–Crippen MR) is 107 cm³/mol. The van der Waals surface area contributed by atoms with Gasteiger partial charge in [-0.3, -0.25) is 15.4 Å². The van der Waals surface area contributed by atoms with Gasteiger partial charge >= 0.3 is 0 Å². The van der Waals surface area contributed by atoms with E-state index in [1.165, 1.54) is 12.1 Å². The van der Waals surface area contributed by atoms with Gasteiger partial charge in [0.2, 0.25) is 0 Å². The number of fused-ring (bicyclic) bond motifs is 1. The van der Waals surface area contributed by atoms with Gasteiger partial charge in [-0.05, 0) is 53.9 Å². The van der Waals surface area contributed by atoms with E-state index in [1.807, 2.05) is 43.3 Å². The molecular formula is C21H18ClN3O2. The topological polar surface area (TPSA) is 67.2 Å². The van der Waals surface area contributed by atoms with Crippen LogP contribution >= 0.6 is 11.6 Å². The molecule has 0 saturated carbocycles. The van der Waals surface area contributed by atoms with E-state index in [9.17, 15) is 10.1 Å². The first-order valence-corrected chi connectivity index (χ1v) is 8.99. The number of anilines is 1. The van der Waals surface area contributed by atoms with Gasteiger partial charge < -0.3 is 5.32 Å². The average Bonchev–Trinajstić information content (AvgIpc) is 2.68. The molecule has 0 aliphatic carbocycles. The lowest BCUT2D eigenvalue weighted by atomic mass is 9.89. The maximum Gasteiger partial charge on any atom is 0.269 e. The van der Waals surface area contributed by atoms with E-state index < -0.39 is 10.6 Å². The zero-order valence-electron chi connectivity index (χ0n) is 14.6. The minimum Gasteiger partial charge on any atom is -0.363 e. The minimum atomic E-state index is -0.601. The summed E-state index contributed by atoms with van der Waals surface area (Å²) in [5.41, 5.74) is 3.55. The molecule has 1 aliphatic heterocycles. The third kappa shape index (κ3) is 3.27. The molecule has 6 heteroatoms. The summed E-state index contributed by atoms with van der Waals surface area (Å²) in [5.74, 6) is 0. The number of rotatable bonds is 3. The van der Waals surface area contributed by atoms with Crippen molar-refractivity contribution in [3.8, 4) is 0 Å². The Balaban J connectivity index is 1.80. The summed E-state index contributed by atoms with van der Waals surface area (Å²) in [6, 6.07) is 22.5. The number of halogens is 1. The summed E-state index contributed by atoms with van der Waals surface area (Å²) in [6.45, 7) is 2.03. The fourth-order valence-electron chi connectivity index (χ4n) is 3.54. The smallest absolute Gasteiger partial charge is 0.269 e. The summed E-state index contributed by atoms with van der Waals surface area (Å²) < 4.78 is 0. The minimum absolute atomic E-state index is 0.0682. The maximum absolute atomic E-state index is 11.0. The van der Waals surface area contributed by atoms with Gasteiger partial charge in [-0.25, -0.2) is 0 Å². The van der Waals surface area contributed by atoms with Crippen LogP contribution in [-0.4, -0.2) is 4.92 Å². The summed E-state index contributed by atoms with van der Waals surface area (Å²) >= 11 is 6.25. The molecule has 0 aromatic heterocycles. The van der Waals surface area contributed by atoms with E-state index >= 15 is 0 Å². The monoisotopic (exact) mass is 379 g/mol. The lowest BCUT2D eigenvalue weighted by Crippen LogP contribution is -2.51. The second kappa shape index (κ2) is 6.68. The SMILES string of the molecule is C[C@]1(c2ccc([N+](=O)[O-])cc2)Nc2ccc(Cl)cc2[C@H](c2ccccc2)N1. The third-order valence-electron chi connectivity index (χ3n) is 4.93. The molecule has 3 aromatic carbocycles. The van der Waals surface area contributed by atoms with Gasteiger partial charge in [-0.1, -0.05) is 41.9 Å². The van der Waals surface area contributed by atoms with E-state index in [0.717, 1.165) is 22.4 Å². The molecule has 0 saturated heterocycles. The van der Waals surface area contributed by atoms with Crippen molar-refractivity contribution in [1.82, 2.24) is 5.32 Å². The molecule has 5 nitrogen and oxygen atoms in total. The Hall–Kier alpha value is -2.89. The second-order valence-electron chi connectivity index (χ2n) is 6.77. The van der Waals surface area contributed by atoms with Crippen LogP contribution in [0.4, 0.5) is 11.4 Å². The Labute approximate surface area is 162 Å². The van der Waals surface area contributed by atoms with Gasteiger partial charge in [0, 0.05) is 22.8 Å². The van der Waals surface area contributed by atoms with E-state index in [4.69, 9.17) is 11.6 Å².